The van der Waals surface area contributed by atoms with Crippen LogP contribution in [0.3, 0.4) is 0 Å². The van der Waals surface area contributed by atoms with Crippen LogP contribution in [0.25, 0.3) is 11.3 Å². The Labute approximate surface area is 209 Å². The number of carbonyl (C=O) groups is 2. The molecule has 0 saturated heterocycles. The predicted octanol–water partition coefficient (Wildman–Crippen LogP) is 6.05. The third-order valence-electron chi connectivity index (χ3n) is 5.61. The standard InChI is InChI=1S/C27H28F2N4O3.H2/c1-5-27(28,29)18-7-6-8-19(14-18)32-25(34)24(17(3)30)26(35)33-20-9-10-23(36-4)21(15-20)22-13-16(2)11-12-31-22;/h6-15,24,30H,5H2,1-4H3,(H,32,34)(H,33,35);1H. The molecule has 1 atom stereocenters. The van der Waals surface area contributed by atoms with Gasteiger partial charge in [-0.3, -0.25) is 14.6 Å². The summed E-state index contributed by atoms with van der Waals surface area (Å²) in [5.74, 6) is -5.50. The molecule has 0 spiro atoms. The van der Waals surface area contributed by atoms with Crippen LogP contribution in [0.2, 0.25) is 0 Å². The maximum absolute atomic E-state index is 14.1. The van der Waals surface area contributed by atoms with Gasteiger partial charge in [0.2, 0.25) is 11.8 Å². The van der Waals surface area contributed by atoms with E-state index < -0.39 is 30.1 Å². The second kappa shape index (κ2) is 11.1. The fraction of sp³-hybridized carbons (Fsp3) is 0.259. The Morgan fingerprint density at radius 1 is 1.08 bits per heavy atom. The predicted molar refractivity (Wildman–Crippen MR) is 138 cm³/mol. The highest BCUT2D eigenvalue weighted by atomic mass is 19.3. The van der Waals surface area contributed by atoms with E-state index in [9.17, 15) is 18.4 Å². The minimum Gasteiger partial charge on any atom is -0.496 e. The van der Waals surface area contributed by atoms with E-state index in [1.54, 1.807) is 24.4 Å². The molecule has 1 unspecified atom stereocenters. The maximum atomic E-state index is 14.1. The van der Waals surface area contributed by atoms with E-state index in [-0.39, 0.29) is 18.4 Å². The number of rotatable bonds is 9. The molecule has 0 aliphatic carbocycles. The smallest absolute Gasteiger partial charge is 0.273 e. The zero-order chi connectivity index (χ0) is 26.5. The van der Waals surface area contributed by atoms with E-state index in [1.165, 1.54) is 45.2 Å². The van der Waals surface area contributed by atoms with Crippen molar-refractivity contribution in [2.24, 2.45) is 5.92 Å². The van der Waals surface area contributed by atoms with E-state index in [0.29, 0.717) is 22.7 Å². The topological polar surface area (TPSA) is 104 Å². The van der Waals surface area contributed by atoms with Gasteiger partial charge in [0.25, 0.3) is 5.92 Å². The van der Waals surface area contributed by atoms with Gasteiger partial charge in [0, 0.05) is 42.3 Å². The third-order valence-corrected chi connectivity index (χ3v) is 5.61. The summed E-state index contributed by atoms with van der Waals surface area (Å²) in [5.41, 5.74) is 2.32. The van der Waals surface area contributed by atoms with Gasteiger partial charge in [-0.1, -0.05) is 19.1 Å². The third kappa shape index (κ3) is 6.10. The molecule has 36 heavy (non-hydrogen) atoms. The van der Waals surface area contributed by atoms with Crippen LogP contribution in [0.5, 0.6) is 5.75 Å². The van der Waals surface area contributed by atoms with E-state index in [4.69, 9.17) is 10.1 Å². The van der Waals surface area contributed by atoms with Crippen molar-refractivity contribution in [2.75, 3.05) is 17.7 Å². The highest BCUT2D eigenvalue weighted by molar-refractivity contribution is 6.24. The monoisotopic (exact) mass is 496 g/mol. The lowest BCUT2D eigenvalue weighted by Gasteiger charge is -2.18. The van der Waals surface area contributed by atoms with Gasteiger partial charge in [0.1, 0.15) is 5.75 Å². The first-order chi connectivity index (χ1) is 17.1. The van der Waals surface area contributed by atoms with Gasteiger partial charge in [0.15, 0.2) is 5.92 Å². The maximum Gasteiger partial charge on any atom is 0.273 e. The van der Waals surface area contributed by atoms with Crippen molar-refractivity contribution < 1.29 is 24.5 Å². The average molecular weight is 497 g/mol. The fourth-order valence-electron chi connectivity index (χ4n) is 3.64. The van der Waals surface area contributed by atoms with Gasteiger partial charge >= 0.3 is 0 Å². The number of ether oxygens (including phenoxy) is 1. The van der Waals surface area contributed by atoms with Gasteiger partial charge < -0.3 is 20.8 Å². The highest BCUT2D eigenvalue weighted by Crippen LogP contribution is 2.33. The molecule has 0 bridgehead atoms. The number of pyridine rings is 1. The first kappa shape index (κ1) is 26.5. The number of halogens is 2. The SMILES string of the molecule is CCC(F)(F)c1cccc(NC(=O)C(C(C)=N)C(=O)Nc2ccc(OC)c(-c3cc(C)ccn3)c2)c1.[HH]. The molecule has 0 saturated carbocycles. The molecule has 0 radical (unpaired) electrons. The van der Waals surface area contributed by atoms with Crippen LogP contribution in [-0.2, 0) is 15.5 Å². The molecule has 0 fully saturated rings. The quantitative estimate of drug-likeness (QED) is 0.248. The number of nitrogens with zero attached hydrogens (tertiary/aromatic N) is 1. The van der Waals surface area contributed by atoms with Crippen molar-refractivity contribution in [3.63, 3.8) is 0 Å². The van der Waals surface area contributed by atoms with Crippen molar-refractivity contribution in [3.05, 3.63) is 71.9 Å². The van der Waals surface area contributed by atoms with E-state index in [2.05, 4.69) is 15.6 Å². The van der Waals surface area contributed by atoms with Crippen LogP contribution in [0, 0.1) is 18.3 Å². The Morgan fingerprint density at radius 2 is 1.75 bits per heavy atom. The van der Waals surface area contributed by atoms with Crippen LogP contribution in [-0.4, -0.2) is 29.6 Å². The van der Waals surface area contributed by atoms with Crippen molar-refractivity contribution in [2.45, 2.75) is 33.1 Å². The molecule has 3 aromatic rings. The number of methoxy groups -OCH3 is 1. The zero-order valence-corrected chi connectivity index (χ0v) is 20.5. The summed E-state index contributed by atoms with van der Waals surface area (Å²) >= 11 is 0. The molecule has 2 aromatic carbocycles. The fourth-order valence-corrected chi connectivity index (χ4v) is 3.64. The van der Waals surface area contributed by atoms with Gasteiger partial charge in [0.05, 0.1) is 12.8 Å². The number of carbonyl (C=O) groups excluding carboxylic acids is 2. The zero-order valence-electron chi connectivity index (χ0n) is 20.5. The number of aryl methyl sites for hydroxylation is 1. The van der Waals surface area contributed by atoms with Crippen LogP contribution >= 0.6 is 0 Å². The molecule has 2 amide bonds. The van der Waals surface area contributed by atoms with Gasteiger partial charge in [-0.2, -0.15) is 0 Å². The average Bonchev–Trinajstić information content (AvgIpc) is 2.84. The lowest BCUT2D eigenvalue weighted by atomic mass is 10.0. The molecule has 0 aliphatic heterocycles. The van der Waals surface area contributed by atoms with Crippen molar-refractivity contribution in [3.8, 4) is 17.0 Å². The lowest BCUT2D eigenvalue weighted by Crippen LogP contribution is -2.38. The van der Waals surface area contributed by atoms with Crippen molar-refractivity contribution in [1.29, 1.82) is 5.41 Å². The van der Waals surface area contributed by atoms with Crippen LogP contribution in [0.1, 0.15) is 32.8 Å². The Balaban J connectivity index is 0.00000481. The molecule has 0 aliphatic rings. The number of anilines is 2. The number of amides is 2. The first-order valence-electron chi connectivity index (χ1n) is 11.3. The second-order valence-corrected chi connectivity index (χ2v) is 8.37. The van der Waals surface area contributed by atoms with Gasteiger partial charge in [-0.15, -0.1) is 0 Å². The summed E-state index contributed by atoms with van der Waals surface area (Å²) in [7, 11) is 1.52. The Bertz CT molecular complexity index is 1300. The molecular weight excluding hydrogens is 466 g/mol. The molecule has 3 rings (SSSR count). The minimum absolute atomic E-state index is 0. The lowest BCUT2D eigenvalue weighted by molar-refractivity contribution is -0.126. The summed E-state index contributed by atoms with van der Waals surface area (Å²) in [6.07, 6.45) is 1.27. The number of benzene rings is 2. The summed E-state index contributed by atoms with van der Waals surface area (Å²) in [5, 5.41) is 13.2. The molecule has 1 heterocycles. The normalized spacial score (nSPS) is 11.9. The van der Waals surface area contributed by atoms with Gasteiger partial charge in [-0.05, 0) is 61.9 Å². The molecule has 7 nitrogen and oxygen atoms in total. The van der Waals surface area contributed by atoms with Crippen LogP contribution in [0.15, 0.2) is 60.8 Å². The van der Waals surface area contributed by atoms with Crippen molar-refractivity contribution in [1.82, 2.24) is 4.98 Å². The molecule has 9 heteroatoms. The van der Waals surface area contributed by atoms with E-state index >= 15 is 0 Å². The van der Waals surface area contributed by atoms with Crippen LogP contribution < -0.4 is 15.4 Å². The summed E-state index contributed by atoms with van der Waals surface area (Å²) in [6, 6.07) is 14.0. The van der Waals surface area contributed by atoms with Gasteiger partial charge in [-0.25, -0.2) is 8.78 Å². The minimum atomic E-state index is -3.05. The number of alkyl halides is 2. The molecule has 3 N–H and O–H groups in total. The second-order valence-electron chi connectivity index (χ2n) is 8.37. The first-order valence-corrected chi connectivity index (χ1v) is 11.3. The highest BCUT2D eigenvalue weighted by Gasteiger charge is 2.31. The Hall–Kier alpha value is -4.14. The van der Waals surface area contributed by atoms with Crippen LogP contribution in [0.4, 0.5) is 20.2 Å². The van der Waals surface area contributed by atoms with E-state index in [0.717, 1.165) is 5.56 Å². The number of aromatic nitrogens is 1. The summed E-state index contributed by atoms with van der Waals surface area (Å²) < 4.78 is 33.6. The summed E-state index contributed by atoms with van der Waals surface area (Å²) in [6.45, 7) is 4.63. The Kier molecular flexibility index (Phi) is 8.14. The molecule has 1 aromatic heterocycles. The Morgan fingerprint density at radius 3 is 2.33 bits per heavy atom. The largest absolute Gasteiger partial charge is 0.496 e. The summed E-state index contributed by atoms with van der Waals surface area (Å²) in [4.78, 5) is 30.3. The number of hydrogen-bond donors (Lipinski definition) is 3. The van der Waals surface area contributed by atoms with Crippen molar-refractivity contribution >= 4 is 28.9 Å². The number of hydrogen-bond acceptors (Lipinski definition) is 5. The molecule has 190 valence electrons. The molecular formula is C27H30F2N4O3. The van der Waals surface area contributed by atoms with E-state index in [1.807, 2.05) is 19.1 Å². The number of nitrogens with one attached hydrogen (secondary N) is 3.